The van der Waals surface area contributed by atoms with Crippen LogP contribution in [0.4, 0.5) is 0 Å². The SMILES string of the molecule is CCC(O)CNCc1cn[nH]c1-c1cccnc1. The Labute approximate surface area is 106 Å². The lowest BCUT2D eigenvalue weighted by molar-refractivity contribution is 0.167. The van der Waals surface area contributed by atoms with Crippen molar-refractivity contribution in [2.45, 2.75) is 26.0 Å². The van der Waals surface area contributed by atoms with E-state index in [1.54, 1.807) is 18.6 Å². The Hall–Kier alpha value is -1.72. The Morgan fingerprint density at radius 2 is 2.33 bits per heavy atom. The van der Waals surface area contributed by atoms with Gasteiger partial charge in [0.05, 0.1) is 18.0 Å². The minimum absolute atomic E-state index is 0.293. The molecule has 0 saturated heterocycles. The average Bonchev–Trinajstić information content (AvgIpc) is 2.88. The molecule has 1 unspecified atom stereocenters. The number of hydrogen-bond donors (Lipinski definition) is 3. The van der Waals surface area contributed by atoms with Gasteiger partial charge < -0.3 is 10.4 Å². The maximum atomic E-state index is 9.48. The molecule has 0 amide bonds. The van der Waals surface area contributed by atoms with Crippen molar-refractivity contribution in [1.29, 1.82) is 0 Å². The molecule has 2 aromatic rings. The van der Waals surface area contributed by atoms with E-state index in [2.05, 4.69) is 20.5 Å². The van der Waals surface area contributed by atoms with Gasteiger partial charge in [-0.3, -0.25) is 10.1 Å². The largest absolute Gasteiger partial charge is 0.392 e. The normalized spacial score (nSPS) is 12.6. The number of nitrogens with zero attached hydrogens (tertiary/aromatic N) is 2. The van der Waals surface area contributed by atoms with Gasteiger partial charge in [-0.2, -0.15) is 5.10 Å². The number of nitrogens with one attached hydrogen (secondary N) is 2. The molecule has 5 nitrogen and oxygen atoms in total. The summed E-state index contributed by atoms with van der Waals surface area (Å²) in [6.07, 6.45) is 5.81. The van der Waals surface area contributed by atoms with Gasteiger partial charge in [-0.25, -0.2) is 0 Å². The number of aromatic amines is 1. The van der Waals surface area contributed by atoms with Crippen molar-refractivity contribution < 1.29 is 5.11 Å². The molecule has 2 heterocycles. The number of aromatic nitrogens is 3. The summed E-state index contributed by atoms with van der Waals surface area (Å²) in [7, 11) is 0. The number of pyridine rings is 1. The van der Waals surface area contributed by atoms with Gasteiger partial charge in [0, 0.05) is 36.6 Å². The van der Waals surface area contributed by atoms with E-state index in [-0.39, 0.29) is 6.10 Å². The molecule has 0 bridgehead atoms. The lowest BCUT2D eigenvalue weighted by Crippen LogP contribution is -2.25. The van der Waals surface area contributed by atoms with Gasteiger partial charge in [0.1, 0.15) is 0 Å². The summed E-state index contributed by atoms with van der Waals surface area (Å²) in [6, 6.07) is 3.89. The Bertz CT molecular complexity index is 469. The van der Waals surface area contributed by atoms with Crippen molar-refractivity contribution in [3.05, 3.63) is 36.3 Å². The summed E-state index contributed by atoms with van der Waals surface area (Å²) in [5, 5.41) is 19.7. The first-order valence-corrected chi connectivity index (χ1v) is 6.12. The Balaban J connectivity index is 2.00. The molecule has 0 saturated carbocycles. The summed E-state index contributed by atoms with van der Waals surface area (Å²) < 4.78 is 0. The zero-order valence-corrected chi connectivity index (χ0v) is 10.4. The monoisotopic (exact) mass is 246 g/mol. The molecule has 1 atom stereocenters. The third-order valence-electron chi connectivity index (χ3n) is 2.83. The molecule has 0 radical (unpaired) electrons. The van der Waals surface area contributed by atoms with E-state index in [0.29, 0.717) is 13.1 Å². The van der Waals surface area contributed by atoms with Crippen LogP contribution in [0.1, 0.15) is 18.9 Å². The number of H-pyrrole nitrogens is 1. The summed E-state index contributed by atoms with van der Waals surface area (Å²) in [4.78, 5) is 4.10. The van der Waals surface area contributed by atoms with Crippen molar-refractivity contribution in [3.8, 4) is 11.3 Å². The predicted molar refractivity (Wildman–Crippen MR) is 69.8 cm³/mol. The van der Waals surface area contributed by atoms with Crippen molar-refractivity contribution in [2.24, 2.45) is 0 Å². The smallest absolute Gasteiger partial charge is 0.0710 e. The molecule has 96 valence electrons. The van der Waals surface area contributed by atoms with Crippen LogP contribution in [0, 0.1) is 0 Å². The topological polar surface area (TPSA) is 73.8 Å². The first-order valence-electron chi connectivity index (χ1n) is 6.12. The maximum Gasteiger partial charge on any atom is 0.0710 e. The molecule has 2 rings (SSSR count). The maximum absolute atomic E-state index is 9.48. The standard InChI is InChI=1S/C13H18N4O/c1-2-12(18)9-15-7-11-8-16-17-13(11)10-4-3-5-14-6-10/h3-6,8,12,15,18H,2,7,9H2,1H3,(H,16,17). The zero-order chi connectivity index (χ0) is 12.8. The molecule has 18 heavy (non-hydrogen) atoms. The fraction of sp³-hybridized carbons (Fsp3) is 0.385. The second-order valence-corrected chi connectivity index (χ2v) is 4.20. The van der Waals surface area contributed by atoms with E-state index in [1.165, 1.54) is 0 Å². The summed E-state index contributed by atoms with van der Waals surface area (Å²) in [6.45, 7) is 3.23. The third-order valence-corrected chi connectivity index (χ3v) is 2.83. The van der Waals surface area contributed by atoms with Crippen molar-refractivity contribution in [2.75, 3.05) is 6.54 Å². The van der Waals surface area contributed by atoms with Crippen LogP contribution in [0.5, 0.6) is 0 Å². The van der Waals surface area contributed by atoms with Crippen LogP contribution < -0.4 is 5.32 Å². The molecule has 5 heteroatoms. The molecular weight excluding hydrogens is 228 g/mol. The van der Waals surface area contributed by atoms with Crippen molar-refractivity contribution in [1.82, 2.24) is 20.5 Å². The molecule has 2 aromatic heterocycles. The highest BCUT2D eigenvalue weighted by Crippen LogP contribution is 2.19. The highest BCUT2D eigenvalue weighted by Gasteiger charge is 2.08. The fourth-order valence-electron chi connectivity index (χ4n) is 1.72. The van der Waals surface area contributed by atoms with Crippen LogP contribution in [0.25, 0.3) is 11.3 Å². The van der Waals surface area contributed by atoms with Crippen molar-refractivity contribution >= 4 is 0 Å². The average molecular weight is 246 g/mol. The van der Waals surface area contributed by atoms with Gasteiger partial charge in [-0.15, -0.1) is 0 Å². The van der Waals surface area contributed by atoms with Gasteiger partial charge in [-0.05, 0) is 18.6 Å². The minimum atomic E-state index is -0.293. The van der Waals surface area contributed by atoms with Gasteiger partial charge in [0.15, 0.2) is 0 Å². The third kappa shape index (κ3) is 3.15. The van der Waals surface area contributed by atoms with E-state index in [4.69, 9.17) is 0 Å². The number of aliphatic hydroxyl groups is 1. The summed E-state index contributed by atoms with van der Waals surface area (Å²) in [5.41, 5.74) is 3.07. The van der Waals surface area contributed by atoms with Crippen LogP contribution in [0.15, 0.2) is 30.7 Å². The van der Waals surface area contributed by atoms with Crippen LogP contribution >= 0.6 is 0 Å². The van der Waals surface area contributed by atoms with E-state index in [1.807, 2.05) is 19.1 Å². The number of rotatable bonds is 6. The zero-order valence-electron chi connectivity index (χ0n) is 10.4. The van der Waals surface area contributed by atoms with Crippen LogP contribution in [0.2, 0.25) is 0 Å². The quantitative estimate of drug-likeness (QED) is 0.719. The molecule has 0 aliphatic rings. The van der Waals surface area contributed by atoms with Gasteiger partial charge in [-0.1, -0.05) is 6.92 Å². The second-order valence-electron chi connectivity index (χ2n) is 4.20. The van der Waals surface area contributed by atoms with E-state index < -0.39 is 0 Å². The molecule has 3 N–H and O–H groups in total. The first kappa shape index (κ1) is 12.7. The van der Waals surface area contributed by atoms with E-state index in [0.717, 1.165) is 23.2 Å². The van der Waals surface area contributed by atoms with E-state index in [9.17, 15) is 5.11 Å². The molecule has 0 aromatic carbocycles. The summed E-state index contributed by atoms with van der Waals surface area (Å²) >= 11 is 0. The predicted octanol–water partition coefficient (Wildman–Crippen LogP) is 1.33. The van der Waals surface area contributed by atoms with Gasteiger partial charge >= 0.3 is 0 Å². The van der Waals surface area contributed by atoms with Crippen LogP contribution in [0.3, 0.4) is 0 Å². The number of hydrogen-bond acceptors (Lipinski definition) is 4. The van der Waals surface area contributed by atoms with Gasteiger partial charge in [0.2, 0.25) is 0 Å². The Kier molecular flexibility index (Phi) is 4.44. The molecule has 0 spiro atoms. The Morgan fingerprint density at radius 3 is 3.06 bits per heavy atom. The Morgan fingerprint density at radius 1 is 1.44 bits per heavy atom. The second kappa shape index (κ2) is 6.28. The fourth-order valence-corrected chi connectivity index (χ4v) is 1.72. The van der Waals surface area contributed by atoms with Crippen molar-refractivity contribution in [3.63, 3.8) is 0 Å². The highest BCUT2D eigenvalue weighted by atomic mass is 16.3. The lowest BCUT2D eigenvalue weighted by Gasteiger charge is -2.09. The first-order chi connectivity index (χ1) is 8.81. The van der Waals surface area contributed by atoms with Crippen LogP contribution in [-0.4, -0.2) is 32.9 Å². The van der Waals surface area contributed by atoms with E-state index >= 15 is 0 Å². The molecular formula is C13H18N4O. The summed E-state index contributed by atoms with van der Waals surface area (Å²) in [5.74, 6) is 0. The molecule has 0 fully saturated rings. The van der Waals surface area contributed by atoms with Crippen LogP contribution in [-0.2, 0) is 6.54 Å². The molecule has 0 aliphatic heterocycles. The molecule has 0 aliphatic carbocycles. The van der Waals surface area contributed by atoms with Gasteiger partial charge in [0.25, 0.3) is 0 Å². The minimum Gasteiger partial charge on any atom is -0.392 e. The number of aliphatic hydroxyl groups excluding tert-OH is 1. The lowest BCUT2D eigenvalue weighted by atomic mass is 10.1. The highest BCUT2D eigenvalue weighted by molar-refractivity contribution is 5.61.